The van der Waals surface area contributed by atoms with Gasteiger partial charge in [0.1, 0.15) is 12.4 Å². The second-order valence-corrected chi connectivity index (χ2v) is 3.30. The molecule has 0 aliphatic carbocycles. The summed E-state index contributed by atoms with van der Waals surface area (Å²) in [5.74, 6) is 0.886. The lowest BCUT2D eigenvalue weighted by Crippen LogP contribution is -2.21. The Morgan fingerprint density at radius 2 is 1.73 bits per heavy atom. The summed E-state index contributed by atoms with van der Waals surface area (Å²) < 4.78 is 5.41. The van der Waals surface area contributed by atoms with Crippen LogP contribution in [0.15, 0.2) is 24.3 Å². The molecule has 2 N–H and O–H groups in total. The Kier molecular flexibility index (Phi) is 4.98. The number of anilines is 1. The van der Waals surface area contributed by atoms with E-state index in [1.807, 2.05) is 12.1 Å². The molecule has 0 heterocycles. The third-order valence-electron chi connectivity index (χ3n) is 2.35. The van der Waals surface area contributed by atoms with Crippen molar-refractivity contribution < 1.29 is 4.74 Å². The first-order valence-corrected chi connectivity index (χ1v) is 5.49. The van der Waals surface area contributed by atoms with Crippen LogP contribution in [0.2, 0.25) is 0 Å². The molecule has 0 bridgehead atoms. The predicted molar refractivity (Wildman–Crippen MR) is 64.6 cm³/mol. The maximum absolute atomic E-state index is 5.41. The molecule has 0 spiro atoms. The van der Waals surface area contributed by atoms with Crippen LogP contribution in [0, 0.1) is 0 Å². The van der Waals surface area contributed by atoms with Crippen molar-refractivity contribution in [2.75, 3.05) is 31.1 Å². The second kappa shape index (κ2) is 6.30. The second-order valence-electron chi connectivity index (χ2n) is 3.30. The van der Waals surface area contributed by atoms with E-state index in [4.69, 9.17) is 10.5 Å². The monoisotopic (exact) mass is 208 g/mol. The fraction of sp³-hybridized carbons (Fsp3) is 0.500. The topological polar surface area (TPSA) is 38.5 Å². The molecule has 1 aromatic carbocycles. The molecule has 0 aliphatic rings. The summed E-state index contributed by atoms with van der Waals surface area (Å²) in [5.41, 5.74) is 6.60. The maximum atomic E-state index is 5.41. The molecule has 0 unspecified atom stereocenters. The minimum absolute atomic E-state index is 0.553. The zero-order chi connectivity index (χ0) is 11.1. The number of benzene rings is 1. The average Bonchev–Trinajstić information content (AvgIpc) is 2.29. The lowest BCUT2D eigenvalue weighted by Gasteiger charge is -2.21. The quantitative estimate of drug-likeness (QED) is 0.775. The van der Waals surface area contributed by atoms with Crippen molar-refractivity contribution in [2.24, 2.45) is 5.73 Å². The zero-order valence-electron chi connectivity index (χ0n) is 9.57. The Bertz CT molecular complexity index is 267. The van der Waals surface area contributed by atoms with Gasteiger partial charge >= 0.3 is 0 Å². The molecule has 3 heteroatoms. The van der Waals surface area contributed by atoms with Crippen molar-refractivity contribution in [3.8, 4) is 5.75 Å². The van der Waals surface area contributed by atoms with Crippen molar-refractivity contribution >= 4 is 5.69 Å². The van der Waals surface area contributed by atoms with Gasteiger partial charge in [0.2, 0.25) is 0 Å². The van der Waals surface area contributed by atoms with Crippen molar-refractivity contribution in [3.63, 3.8) is 0 Å². The molecule has 0 aromatic heterocycles. The van der Waals surface area contributed by atoms with E-state index < -0.39 is 0 Å². The number of nitrogens with zero attached hydrogens (tertiary/aromatic N) is 1. The van der Waals surface area contributed by atoms with Gasteiger partial charge in [0.05, 0.1) is 0 Å². The van der Waals surface area contributed by atoms with E-state index in [0.29, 0.717) is 13.2 Å². The predicted octanol–water partition coefficient (Wildman–Crippen LogP) is 1.87. The van der Waals surface area contributed by atoms with E-state index in [-0.39, 0.29) is 0 Å². The molecule has 15 heavy (non-hydrogen) atoms. The van der Waals surface area contributed by atoms with Crippen molar-refractivity contribution in [2.45, 2.75) is 13.8 Å². The molecule has 3 nitrogen and oxygen atoms in total. The largest absolute Gasteiger partial charge is 0.492 e. The third-order valence-corrected chi connectivity index (χ3v) is 2.35. The fourth-order valence-corrected chi connectivity index (χ4v) is 1.52. The van der Waals surface area contributed by atoms with E-state index in [1.165, 1.54) is 5.69 Å². The van der Waals surface area contributed by atoms with Crippen LogP contribution in [0.5, 0.6) is 5.75 Å². The Morgan fingerprint density at radius 1 is 1.13 bits per heavy atom. The lowest BCUT2D eigenvalue weighted by atomic mass is 10.2. The lowest BCUT2D eigenvalue weighted by molar-refractivity contribution is 0.328. The number of ether oxygens (including phenoxy) is 1. The summed E-state index contributed by atoms with van der Waals surface area (Å²) in [4.78, 5) is 2.30. The van der Waals surface area contributed by atoms with Gasteiger partial charge < -0.3 is 15.4 Å². The Morgan fingerprint density at radius 3 is 2.20 bits per heavy atom. The van der Waals surface area contributed by atoms with Gasteiger partial charge in [0.25, 0.3) is 0 Å². The highest BCUT2D eigenvalue weighted by Crippen LogP contribution is 2.18. The van der Waals surface area contributed by atoms with Crippen LogP contribution >= 0.6 is 0 Å². The smallest absolute Gasteiger partial charge is 0.119 e. The summed E-state index contributed by atoms with van der Waals surface area (Å²) in [7, 11) is 0. The molecule has 84 valence electrons. The van der Waals surface area contributed by atoms with Crippen LogP contribution in [0.1, 0.15) is 13.8 Å². The summed E-state index contributed by atoms with van der Waals surface area (Å²) in [5, 5.41) is 0. The zero-order valence-corrected chi connectivity index (χ0v) is 9.57. The van der Waals surface area contributed by atoms with Crippen molar-refractivity contribution in [3.05, 3.63) is 24.3 Å². The fourth-order valence-electron chi connectivity index (χ4n) is 1.52. The summed E-state index contributed by atoms with van der Waals surface area (Å²) >= 11 is 0. The Balaban J connectivity index is 2.62. The first-order valence-electron chi connectivity index (χ1n) is 5.49. The number of nitrogens with two attached hydrogens (primary N) is 1. The van der Waals surface area contributed by atoms with E-state index in [9.17, 15) is 0 Å². The van der Waals surface area contributed by atoms with Gasteiger partial charge in [0, 0.05) is 25.3 Å². The summed E-state index contributed by atoms with van der Waals surface area (Å²) in [6.07, 6.45) is 0. The minimum atomic E-state index is 0.553. The molecule has 0 atom stereocenters. The van der Waals surface area contributed by atoms with Crippen LogP contribution in [-0.4, -0.2) is 26.2 Å². The Hall–Kier alpha value is -1.22. The molecule has 0 saturated heterocycles. The van der Waals surface area contributed by atoms with Crippen molar-refractivity contribution in [1.29, 1.82) is 0 Å². The number of rotatable bonds is 6. The van der Waals surface area contributed by atoms with Crippen LogP contribution in [0.25, 0.3) is 0 Å². The molecule has 0 aliphatic heterocycles. The van der Waals surface area contributed by atoms with Gasteiger partial charge in [-0.1, -0.05) is 0 Å². The van der Waals surface area contributed by atoms with Gasteiger partial charge in [-0.15, -0.1) is 0 Å². The van der Waals surface area contributed by atoms with E-state index in [2.05, 4.69) is 30.9 Å². The van der Waals surface area contributed by atoms with Gasteiger partial charge in [-0.2, -0.15) is 0 Å². The van der Waals surface area contributed by atoms with Gasteiger partial charge in [-0.05, 0) is 38.1 Å². The minimum Gasteiger partial charge on any atom is -0.492 e. The first-order chi connectivity index (χ1) is 7.31. The molecule has 1 rings (SSSR count). The molecular formula is C12H20N2O. The number of hydrogen-bond donors (Lipinski definition) is 1. The molecule has 1 aromatic rings. The normalized spacial score (nSPS) is 10.1. The maximum Gasteiger partial charge on any atom is 0.119 e. The summed E-state index contributed by atoms with van der Waals surface area (Å²) in [6, 6.07) is 8.14. The van der Waals surface area contributed by atoms with E-state index in [0.717, 1.165) is 18.8 Å². The third kappa shape index (κ3) is 3.44. The van der Waals surface area contributed by atoms with E-state index in [1.54, 1.807) is 0 Å². The van der Waals surface area contributed by atoms with Crippen LogP contribution in [-0.2, 0) is 0 Å². The average molecular weight is 208 g/mol. The first kappa shape index (κ1) is 11.9. The highest BCUT2D eigenvalue weighted by atomic mass is 16.5. The Labute approximate surface area is 91.8 Å². The highest BCUT2D eigenvalue weighted by molar-refractivity contribution is 5.48. The van der Waals surface area contributed by atoms with Crippen LogP contribution in [0.3, 0.4) is 0 Å². The van der Waals surface area contributed by atoms with E-state index >= 15 is 0 Å². The summed E-state index contributed by atoms with van der Waals surface area (Å²) in [6.45, 7) is 7.49. The van der Waals surface area contributed by atoms with Gasteiger partial charge in [0.15, 0.2) is 0 Å². The number of hydrogen-bond acceptors (Lipinski definition) is 3. The van der Waals surface area contributed by atoms with Gasteiger partial charge in [-0.25, -0.2) is 0 Å². The highest BCUT2D eigenvalue weighted by Gasteiger charge is 2.01. The molecule has 0 saturated carbocycles. The molecule has 0 radical (unpaired) electrons. The van der Waals surface area contributed by atoms with Crippen LogP contribution < -0.4 is 15.4 Å². The van der Waals surface area contributed by atoms with Crippen molar-refractivity contribution in [1.82, 2.24) is 0 Å². The van der Waals surface area contributed by atoms with Crippen LogP contribution in [0.4, 0.5) is 5.69 Å². The van der Waals surface area contributed by atoms with Gasteiger partial charge in [-0.3, -0.25) is 0 Å². The standard InChI is InChI=1S/C12H20N2O/c1-3-14(4-2)11-5-7-12(8-6-11)15-10-9-13/h5-8H,3-4,9-10,13H2,1-2H3. The SMILES string of the molecule is CCN(CC)c1ccc(OCCN)cc1. The molecule has 0 amide bonds. The molecule has 0 fully saturated rings. The molecular weight excluding hydrogens is 188 g/mol.